The molecule has 0 aliphatic carbocycles. The van der Waals surface area contributed by atoms with Crippen LogP contribution in [0.1, 0.15) is 19.3 Å². The lowest BCUT2D eigenvalue weighted by Crippen LogP contribution is -2.43. The molecule has 1 saturated heterocycles. The molecule has 0 saturated carbocycles. The molecule has 2 heterocycles. The van der Waals surface area contributed by atoms with Gasteiger partial charge in [-0.1, -0.05) is 0 Å². The normalized spacial score (nSPS) is 18.0. The highest BCUT2D eigenvalue weighted by molar-refractivity contribution is 7.89. The van der Waals surface area contributed by atoms with Gasteiger partial charge in [-0.15, -0.1) is 0 Å². The maximum Gasteiger partial charge on any atom is 0.243 e. The molecular formula is C17H24N2O6S. The average molecular weight is 384 g/mol. The van der Waals surface area contributed by atoms with E-state index >= 15 is 0 Å². The van der Waals surface area contributed by atoms with Crippen LogP contribution >= 0.6 is 0 Å². The number of carbonyl (C=O) groups is 1. The third-order valence-corrected chi connectivity index (χ3v) is 6.53. The van der Waals surface area contributed by atoms with Gasteiger partial charge in [0, 0.05) is 45.3 Å². The molecule has 1 fully saturated rings. The fourth-order valence-corrected chi connectivity index (χ4v) is 4.60. The smallest absolute Gasteiger partial charge is 0.243 e. The molecule has 3 rings (SSSR count). The van der Waals surface area contributed by atoms with Crippen LogP contribution in [0.3, 0.4) is 0 Å². The molecular weight excluding hydrogens is 360 g/mol. The molecule has 0 radical (unpaired) electrons. The summed E-state index contributed by atoms with van der Waals surface area (Å²) in [5.41, 5.74) is 0. The Morgan fingerprint density at radius 2 is 2.00 bits per heavy atom. The second-order valence-electron chi connectivity index (χ2n) is 6.33. The molecule has 1 N–H and O–H groups in total. The first-order chi connectivity index (χ1) is 12.5. The van der Waals surface area contributed by atoms with Crippen molar-refractivity contribution in [2.24, 2.45) is 5.92 Å². The zero-order valence-electron chi connectivity index (χ0n) is 14.8. The van der Waals surface area contributed by atoms with Crippen LogP contribution in [0, 0.1) is 5.92 Å². The van der Waals surface area contributed by atoms with E-state index < -0.39 is 10.0 Å². The van der Waals surface area contributed by atoms with Gasteiger partial charge in [0.1, 0.15) is 0 Å². The van der Waals surface area contributed by atoms with Gasteiger partial charge >= 0.3 is 0 Å². The molecule has 9 heteroatoms. The molecule has 8 nitrogen and oxygen atoms in total. The fraction of sp³-hybridized carbons (Fsp3) is 0.588. The van der Waals surface area contributed by atoms with Crippen molar-refractivity contribution in [3.05, 3.63) is 18.2 Å². The number of sulfonamides is 1. The van der Waals surface area contributed by atoms with E-state index in [4.69, 9.17) is 14.2 Å². The lowest BCUT2D eigenvalue weighted by atomic mass is 9.97. The first-order valence-electron chi connectivity index (χ1n) is 8.69. The Morgan fingerprint density at radius 1 is 1.27 bits per heavy atom. The van der Waals surface area contributed by atoms with E-state index in [0.717, 1.165) is 6.42 Å². The van der Waals surface area contributed by atoms with Crippen LogP contribution < -0.4 is 14.8 Å². The molecule has 0 aromatic heterocycles. The van der Waals surface area contributed by atoms with Gasteiger partial charge in [0.15, 0.2) is 11.5 Å². The van der Waals surface area contributed by atoms with Crippen LogP contribution in [0.15, 0.2) is 23.1 Å². The molecule has 2 aliphatic rings. The average Bonchev–Trinajstić information content (AvgIpc) is 3.13. The van der Waals surface area contributed by atoms with E-state index in [2.05, 4.69) is 5.32 Å². The van der Waals surface area contributed by atoms with Gasteiger partial charge in [-0.05, 0) is 31.4 Å². The Hall–Kier alpha value is -1.84. The number of ether oxygens (including phenoxy) is 3. The highest BCUT2D eigenvalue weighted by Crippen LogP contribution is 2.35. The highest BCUT2D eigenvalue weighted by atomic mass is 32.2. The number of hydrogen-bond acceptors (Lipinski definition) is 6. The van der Waals surface area contributed by atoms with Crippen LogP contribution in [0.4, 0.5) is 0 Å². The maximum absolute atomic E-state index is 12.8. The van der Waals surface area contributed by atoms with Gasteiger partial charge in [-0.25, -0.2) is 8.42 Å². The quantitative estimate of drug-likeness (QED) is 0.704. The summed E-state index contributed by atoms with van der Waals surface area (Å²) < 4.78 is 42.5. The molecule has 144 valence electrons. The van der Waals surface area contributed by atoms with Crippen molar-refractivity contribution < 1.29 is 27.4 Å². The second kappa shape index (κ2) is 8.24. The maximum atomic E-state index is 12.8. The molecule has 0 spiro atoms. The zero-order chi connectivity index (χ0) is 18.6. The number of benzene rings is 1. The van der Waals surface area contributed by atoms with Crippen molar-refractivity contribution in [3.8, 4) is 11.5 Å². The van der Waals surface area contributed by atoms with Crippen molar-refractivity contribution >= 4 is 15.9 Å². The summed E-state index contributed by atoms with van der Waals surface area (Å²) >= 11 is 0. The van der Waals surface area contributed by atoms with Gasteiger partial charge in [-0.3, -0.25) is 4.79 Å². The van der Waals surface area contributed by atoms with E-state index in [-0.39, 0.29) is 23.5 Å². The summed E-state index contributed by atoms with van der Waals surface area (Å²) in [4.78, 5) is 12.3. The summed E-state index contributed by atoms with van der Waals surface area (Å²) in [5.74, 6) is 0.825. The summed E-state index contributed by atoms with van der Waals surface area (Å²) in [6.07, 6.45) is 1.79. The van der Waals surface area contributed by atoms with Crippen molar-refractivity contribution in [1.29, 1.82) is 0 Å². The van der Waals surface area contributed by atoms with Crippen LogP contribution in [-0.2, 0) is 19.6 Å². The Balaban J connectivity index is 1.56. The van der Waals surface area contributed by atoms with Gasteiger partial charge in [-0.2, -0.15) is 4.31 Å². The number of hydrogen-bond donors (Lipinski definition) is 1. The first kappa shape index (κ1) is 18.9. The van der Waals surface area contributed by atoms with Gasteiger partial charge in [0.2, 0.25) is 22.7 Å². The molecule has 1 amide bonds. The molecule has 26 heavy (non-hydrogen) atoms. The summed E-state index contributed by atoms with van der Waals surface area (Å²) in [6, 6.07) is 4.62. The molecule has 0 bridgehead atoms. The van der Waals surface area contributed by atoms with E-state index in [1.54, 1.807) is 13.2 Å². The predicted molar refractivity (Wildman–Crippen MR) is 93.6 cm³/mol. The Bertz CT molecular complexity index is 744. The fourth-order valence-electron chi connectivity index (χ4n) is 3.12. The summed E-state index contributed by atoms with van der Waals surface area (Å²) in [7, 11) is -1.98. The number of nitrogens with one attached hydrogen (secondary N) is 1. The third-order valence-electron chi connectivity index (χ3n) is 4.63. The van der Waals surface area contributed by atoms with E-state index in [1.807, 2.05) is 0 Å². The van der Waals surface area contributed by atoms with Gasteiger partial charge in [0.25, 0.3) is 0 Å². The van der Waals surface area contributed by atoms with Crippen molar-refractivity contribution in [2.75, 3.05) is 40.1 Å². The molecule has 1 aromatic carbocycles. The predicted octanol–water partition coefficient (Wildman–Crippen LogP) is 0.969. The Morgan fingerprint density at radius 3 is 2.73 bits per heavy atom. The van der Waals surface area contributed by atoms with E-state index in [1.165, 1.54) is 16.4 Å². The van der Waals surface area contributed by atoms with Gasteiger partial charge < -0.3 is 19.5 Å². The minimum Gasteiger partial charge on any atom is -0.454 e. The minimum absolute atomic E-state index is 0.0127. The van der Waals surface area contributed by atoms with Crippen LogP contribution in [0.25, 0.3) is 0 Å². The number of piperidine rings is 1. The largest absolute Gasteiger partial charge is 0.454 e. The third kappa shape index (κ3) is 4.11. The SMILES string of the molecule is COCCCNC(=O)C1CCN(S(=O)(=O)c2ccc3c(c2)OCO3)CC1. The summed E-state index contributed by atoms with van der Waals surface area (Å²) in [5, 5.41) is 2.88. The summed E-state index contributed by atoms with van der Waals surface area (Å²) in [6.45, 7) is 1.93. The lowest BCUT2D eigenvalue weighted by molar-refractivity contribution is -0.126. The zero-order valence-corrected chi connectivity index (χ0v) is 15.6. The topological polar surface area (TPSA) is 94.2 Å². The van der Waals surface area contributed by atoms with Crippen molar-refractivity contribution in [1.82, 2.24) is 9.62 Å². The standard InChI is InChI=1S/C17H24N2O6S/c1-23-10-2-7-18-17(20)13-5-8-19(9-6-13)26(21,22)14-3-4-15-16(11-14)25-12-24-15/h3-4,11,13H,2,5-10,12H2,1H3,(H,18,20). The number of fused-ring (bicyclic) bond motifs is 1. The highest BCUT2D eigenvalue weighted by Gasteiger charge is 2.32. The molecule has 0 atom stereocenters. The number of amides is 1. The minimum atomic E-state index is -3.61. The lowest BCUT2D eigenvalue weighted by Gasteiger charge is -2.30. The van der Waals surface area contributed by atoms with Crippen molar-refractivity contribution in [2.45, 2.75) is 24.2 Å². The number of methoxy groups -OCH3 is 1. The second-order valence-corrected chi connectivity index (χ2v) is 8.27. The molecule has 2 aliphatic heterocycles. The van der Waals surface area contributed by atoms with Crippen molar-refractivity contribution in [3.63, 3.8) is 0 Å². The van der Waals surface area contributed by atoms with E-state index in [9.17, 15) is 13.2 Å². The Labute approximate surface area is 153 Å². The molecule has 1 aromatic rings. The van der Waals surface area contributed by atoms with Crippen LogP contribution in [0.5, 0.6) is 11.5 Å². The van der Waals surface area contributed by atoms with Crippen LogP contribution in [-0.4, -0.2) is 58.8 Å². The Kier molecular flexibility index (Phi) is 6.00. The first-order valence-corrected chi connectivity index (χ1v) is 10.1. The number of nitrogens with zero attached hydrogens (tertiary/aromatic N) is 1. The monoisotopic (exact) mass is 384 g/mol. The van der Waals surface area contributed by atoms with E-state index in [0.29, 0.717) is 50.6 Å². The van der Waals surface area contributed by atoms with Gasteiger partial charge in [0.05, 0.1) is 4.90 Å². The number of carbonyl (C=O) groups excluding carboxylic acids is 1. The van der Waals surface area contributed by atoms with Crippen LogP contribution in [0.2, 0.25) is 0 Å². The number of rotatable bonds is 7. The molecule has 0 unspecified atom stereocenters.